The standard InChI is InChI=1S/C13H19ClN6/c1-4-20-12(13(14)9(3)19-20)5-10(18-15)11-7-16-8(2)6-17-11/h6-7,10,18H,4-5,15H2,1-3H3. The first-order chi connectivity index (χ1) is 9.56. The van der Waals surface area contributed by atoms with Crippen LogP contribution in [0.2, 0.25) is 5.02 Å². The van der Waals surface area contributed by atoms with E-state index in [9.17, 15) is 0 Å². The Bertz CT molecular complexity index is 577. The van der Waals surface area contributed by atoms with Gasteiger partial charge in [-0.15, -0.1) is 0 Å². The van der Waals surface area contributed by atoms with Gasteiger partial charge in [0, 0.05) is 19.2 Å². The molecule has 0 aliphatic heterocycles. The number of rotatable bonds is 5. The summed E-state index contributed by atoms with van der Waals surface area (Å²) in [7, 11) is 0. The highest BCUT2D eigenvalue weighted by Gasteiger charge is 2.19. The lowest BCUT2D eigenvalue weighted by molar-refractivity contribution is 0.505. The zero-order valence-electron chi connectivity index (χ0n) is 11.9. The normalized spacial score (nSPS) is 12.7. The number of hydrogen-bond acceptors (Lipinski definition) is 5. The number of hydrogen-bond donors (Lipinski definition) is 2. The fourth-order valence-corrected chi connectivity index (χ4v) is 2.30. The van der Waals surface area contributed by atoms with E-state index in [0.717, 1.165) is 29.3 Å². The van der Waals surface area contributed by atoms with Crippen molar-refractivity contribution in [1.29, 1.82) is 0 Å². The summed E-state index contributed by atoms with van der Waals surface area (Å²) in [5, 5.41) is 5.09. The Morgan fingerprint density at radius 3 is 2.65 bits per heavy atom. The molecule has 2 heterocycles. The van der Waals surface area contributed by atoms with Gasteiger partial charge in [0.05, 0.1) is 40.0 Å². The van der Waals surface area contributed by atoms with Crippen LogP contribution < -0.4 is 11.3 Å². The van der Waals surface area contributed by atoms with Gasteiger partial charge in [0.2, 0.25) is 0 Å². The van der Waals surface area contributed by atoms with Crippen molar-refractivity contribution in [2.75, 3.05) is 0 Å². The number of aryl methyl sites for hydroxylation is 3. The van der Waals surface area contributed by atoms with E-state index in [2.05, 4.69) is 20.5 Å². The maximum atomic E-state index is 6.32. The molecule has 0 aliphatic carbocycles. The molecular weight excluding hydrogens is 276 g/mol. The fourth-order valence-electron chi connectivity index (χ4n) is 2.09. The predicted molar refractivity (Wildman–Crippen MR) is 78.2 cm³/mol. The van der Waals surface area contributed by atoms with Crippen molar-refractivity contribution >= 4 is 11.6 Å². The Hall–Kier alpha value is -1.50. The van der Waals surface area contributed by atoms with Crippen LogP contribution in [0, 0.1) is 13.8 Å². The Balaban J connectivity index is 2.28. The molecule has 1 atom stereocenters. The van der Waals surface area contributed by atoms with Gasteiger partial charge >= 0.3 is 0 Å². The maximum absolute atomic E-state index is 6.32. The van der Waals surface area contributed by atoms with E-state index in [-0.39, 0.29) is 6.04 Å². The molecule has 0 spiro atoms. The molecule has 0 aromatic carbocycles. The van der Waals surface area contributed by atoms with Gasteiger partial charge < -0.3 is 0 Å². The average molecular weight is 295 g/mol. The van der Waals surface area contributed by atoms with Gasteiger partial charge in [-0.2, -0.15) is 5.10 Å². The molecule has 3 N–H and O–H groups in total. The Morgan fingerprint density at radius 1 is 1.35 bits per heavy atom. The number of hydrazine groups is 1. The highest BCUT2D eigenvalue weighted by Crippen LogP contribution is 2.25. The molecule has 7 heteroatoms. The zero-order chi connectivity index (χ0) is 14.7. The third kappa shape index (κ3) is 2.98. The van der Waals surface area contributed by atoms with E-state index in [0.29, 0.717) is 11.4 Å². The summed E-state index contributed by atoms with van der Waals surface area (Å²) in [5.74, 6) is 5.65. The van der Waals surface area contributed by atoms with Crippen LogP contribution in [0.15, 0.2) is 12.4 Å². The molecule has 0 aliphatic rings. The second kappa shape index (κ2) is 6.30. The minimum Gasteiger partial charge on any atom is -0.271 e. The van der Waals surface area contributed by atoms with Crippen LogP contribution in [0.25, 0.3) is 0 Å². The second-order valence-corrected chi connectivity index (χ2v) is 5.05. The van der Waals surface area contributed by atoms with Crippen molar-refractivity contribution in [1.82, 2.24) is 25.2 Å². The molecular formula is C13H19ClN6. The minimum absolute atomic E-state index is 0.151. The highest BCUT2D eigenvalue weighted by molar-refractivity contribution is 6.31. The largest absolute Gasteiger partial charge is 0.271 e. The maximum Gasteiger partial charge on any atom is 0.0847 e. The predicted octanol–water partition coefficient (Wildman–Crippen LogP) is 1.71. The van der Waals surface area contributed by atoms with Crippen LogP contribution >= 0.6 is 11.6 Å². The van der Waals surface area contributed by atoms with Crippen molar-refractivity contribution in [3.63, 3.8) is 0 Å². The Labute approximate surface area is 123 Å². The van der Waals surface area contributed by atoms with Crippen LogP contribution in [0.3, 0.4) is 0 Å². The van der Waals surface area contributed by atoms with Gasteiger partial charge in [-0.05, 0) is 20.8 Å². The van der Waals surface area contributed by atoms with Crippen molar-refractivity contribution in [2.45, 2.75) is 39.8 Å². The summed E-state index contributed by atoms with van der Waals surface area (Å²) in [6, 6.07) is -0.151. The van der Waals surface area contributed by atoms with Gasteiger partial charge in [-0.25, -0.2) is 0 Å². The lowest BCUT2D eigenvalue weighted by Gasteiger charge is -2.16. The zero-order valence-corrected chi connectivity index (χ0v) is 12.6. The van der Waals surface area contributed by atoms with Gasteiger partial charge in [-0.3, -0.25) is 25.9 Å². The smallest absolute Gasteiger partial charge is 0.0847 e. The van der Waals surface area contributed by atoms with E-state index in [1.54, 1.807) is 12.4 Å². The van der Waals surface area contributed by atoms with Crippen molar-refractivity contribution < 1.29 is 0 Å². The third-order valence-electron chi connectivity index (χ3n) is 3.21. The number of aromatic nitrogens is 4. The van der Waals surface area contributed by atoms with Gasteiger partial charge in [0.1, 0.15) is 0 Å². The van der Waals surface area contributed by atoms with E-state index < -0.39 is 0 Å². The van der Waals surface area contributed by atoms with Gasteiger partial charge in [-0.1, -0.05) is 11.6 Å². The number of nitrogens with zero attached hydrogens (tertiary/aromatic N) is 4. The second-order valence-electron chi connectivity index (χ2n) is 4.67. The topological polar surface area (TPSA) is 81.7 Å². The molecule has 0 radical (unpaired) electrons. The summed E-state index contributed by atoms with van der Waals surface area (Å²) in [6.45, 7) is 6.59. The SMILES string of the molecule is CCn1nc(C)c(Cl)c1CC(NN)c1cnc(C)cn1. The number of nitrogens with two attached hydrogens (primary N) is 1. The quantitative estimate of drug-likeness (QED) is 0.648. The van der Waals surface area contributed by atoms with Crippen LogP contribution in [0.1, 0.15) is 35.7 Å². The monoisotopic (exact) mass is 294 g/mol. The van der Waals surface area contributed by atoms with Crippen LogP contribution in [-0.4, -0.2) is 19.7 Å². The summed E-state index contributed by atoms with van der Waals surface area (Å²) < 4.78 is 1.89. The van der Waals surface area contributed by atoms with E-state index in [4.69, 9.17) is 17.4 Å². The van der Waals surface area contributed by atoms with Crippen molar-refractivity contribution in [2.24, 2.45) is 5.84 Å². The van der Waals surface area contributed by atoms with Gasteiger partial charge in [0.25, 0.3) is 0 Å². The molecule has 0 amide bonds. The fraction of sp³-hybridized carbons (Fsp3) is 0.462. The molecule has 0 saturated carbocycles. The van der Waals surface area contributed by atoms with E-state index in [1.165, 1.54) is 0 Å². The lowest BCUT2D eigenvalue weighted by atomic mass is 10.1. The Morgan fingerprint density at radius 2 is 2.10 bits per heavy atom. The minimum atomic E-state index is -0.151. The molecule has 2 aromatic rings. The van der Waals surface area contributed by atoms with Crippen LogP contribution in [0.4, 0.5) is 0 Å². The van der Waals surface area contributed by atoms with Crippen LogP contribution in [0.5, 0.6) is 0 Å². The molecule has 2 rings (SSSR count). The van der Waals surface area contributed by atoms with Gasteiger partial charge in [0.15, 0.2) is 0 Å². The summed E-state index contributed by atoms with van der Waals surface area (Å²) in [5.41, 5.74) is 6.22. The molecule has 108 valence electrons. The first-order valence-electron chi connectivity index (χ1n) is 6.53. The molecule has 0 bridgehead atoms. The highest BCUT2D eigenvalue weighted by atomic mass is 35.5. The van der Waals surface area contributed by atoms with E-state index >= 15 is 0 Å². The van der Waals surface area contributed by atoms with Crippen LogP contribution in [-0.2, 0) is 13.0 Å². The van der Waals surface area contributed by atoms with Crippen molar-refractivity contribution in [3.05, 3.63) is 40.2 Å². The first-order valence-corrected chi connectivity index (χ1v) is 6.91. The first kappa shape index (κ1) is 14.9. The van der Waals surface area contributed by atoms with E-state index in [1.807, 2.05) is 25.5 Å². The molecule has 0 saturated heterocycles. The molecule has 20 heavy (non-hydrogen) atoms. The molecule has 0 fully saturated rings. The molecule has 6 nitrogen and oxygen atoms in total. The molecule has 1 unspecified atom stereocenters. The third-order valence-corrected chi connectivity index (χ3v) is 3.70. The van der Waals surface area contributed by atoms with Crippen molar-refractivity contribution in [3.8, 4) is 0 Å². The summed E-state index contributed by atoms with van der Waals surface area (Å²) in [6.07, 6.45) is 4.07. The average Bonchev–Trinajstić information content (AvgIpc) is 2.73. The number of halogens is 1. The summed E-state index contributed by atoms with van der Waals surface area (Å²) in [4.78, 5) is 8.61. The Kier molecular flexibility index (Phi) is 4.69. The molecule has 2 aromatic heterocycles. The number of nitrogens with one attached hydrogen (secondary N) is 1. The summed E-state index contributed by atoms with van der Waals surface area (Å²) >= 11 is 6.32. The lowest BCUT2D eigenvalue weighted by Crippen LogP contribution is -2.31.